The van der Waals surface area contributed by atoms with E-state index in [0.29, 0.717) is 99.8 Å². The van der Waals surface area contributed by atoms with E-state index >= 15 is 0 Å². The number of hydrogen-bond donors (Lipinski definition) is 2. The third kappa shape index (κ3) is 30.9. The van der Waals surface area contributed by atoms with Crippen molar-refractivity contribution in [2.45, 2.75) is 281 Å². The Labute approximate surface area is 883 Å². The fourth-order valence-electron chi connectivity index (χ4n) is 19.2. The molecule has 0 aromatic heterocycles. The van der Waals surface area contributed by atoms with Crippen LogP contribution in [0.25, 0.3) is 5.57 Å². The molecule has 0 spiro atoms. The van der Waals surface area contributed by atoms with Crippen LogP contribution in [0.1, 0.15) is 250 Å². The van der Waals surface area contributed by atoms with Gasteiger partial charge in [-0.3, -0.25) is 18.6 Å². The molecule has 798 valence electrons. The van der Waals surface area contributed by atoms with Crippen LogP contribution in [0.2, 0.25) is 0 Å². The Morgan fingerprint density at radius 3 is 1.03 bits per heavy atom. The molecule has 12 aromatic rings. The van der Waals surface area contributed by atoms with Crippen LogP contribution in [0.5, 0.6) is 0 Å². The number of carbonyl (C=O) groups is 4. The molecule has 0 aliphatic heterocycles. The highest BCUT2D eigenvalue weighted by molar-refractivity contribution is 7.93. The van der Waals surface area contributed by atoms with Gasteiger partial charge in [0, 0.05) is 18.1 Å². The molecule has 6 aliphatic rings. The summed E-state index contributed by atoms with van der Waals surface area (Å²) in [7, 11) is -24.6. The second kappa shape index (κ2) is 55.1. The molecule has 4 atom stereocenters. The molecule has 18 rings (SSSR count). The monoisotopic (exact) mass is 2160 g/mol. The van der Waals surface area contributed by atoms with Crippen molar-refractivity contribution in [2.24, 2.45) is 5.73 Å². The van der Waals surface area contributed by atoms with Crippen molar-refractivity contribution in [3.05, 3.63) is 364 Å². The smallest absolute Gasteiger partial charge is 0.331 e. The zero-order valence-corrected chi connectivity index (χ0v) is 86.7. The first-order valence-electron chi connectivity index (χ1n) is 48.5. The molecular formula is C118H141NO23S7. The minimum Gasteiger partial charge on any atom is -0.466 e. The van der Waals surface area contributed by atoms with E-state index in [2.05, 4.69) is 0 Å². The van der Waals surface area contributed by atoms with Crippen LogP contribution in [0, 0.1) is 0 Å². The maximum atomic E-state index is 12.8. The average molecular weight is 2170 g/mol. The van der Waals surface area contributed by atoms with Gasteiger partial charge in [0.05, 0.1) is 104 Å². The third-order valence-corrected chi connectivity index (χ3v) is 37.5. The number of aryl methyl sites for hydroxylation is 6. The molecule has 3 N–H and O–H groups in total. The number of hydrogen-bond acceptors (Lipinski definition) is 24. The standard InChI is InChI=1S/C20H22O5S.C20H22O4S.C20H20O4S.C19H22O5S2.C18H21NO2S.C16H14O3S.5CH4/c1-2-25-19(21)14-20(22)12-6-7-15-13-17(10-11-18(15)20)26(23,24)16-8-4-3-5-9-16;2*1-2-24-20(21)14-16-8-6-7-15-13-18(11-12-19(15)16)25(22,23)17-9-4-3-5-10-17;1-25(20,21)24-13-12-15-6-5-7-16-14-18(10-11-19(15)16)26(22,23)17-8-3-2-4-9-17;19-12-11-14-5-4-6-15-13-17(9-10-18(14)15)22(20,21)16-7-2-1-3-8-16;17-16-8-4-5-12-11-14(9-10-15(12)16)20(18,19)13-6-2-1-3-7-13;;;;;/h3-5,8-11,13,22H,2,6-7,12,14H2,1H3;3-5,9-13,16H,2,6-8,14H2,1H3;3-5,9-14H,2,6-8H2,1H3;2-4,8-11,14-15H,5-7,12-13H2,1H3;1-3,7-10,13-14H,4-6,11-12,19H2;1-3,6-7,9-11H,4-5,8H2;5*1H4/b;;16-14+;;;;;;;;. The summed E-state index contributed by atoms with van der Waals surface area (Å²) in [6.07, 6.45) is 19.4. The van der Waals surface area contributed by atoms with Crippen molar-refractivity contribution in [3.63, 3.8) is 0 Å². The lowest BCUT2D eigenvalue weighted by Crippen LogP contribution is -2.34. The number of fused-ring (bicyclic) bond motifs is 6. The summed E-state index contributed by atoms with van der Waals surface area (Å²) in [6, 6.07) is 81.4. The SMILES string of the molecule is C.C.C.C.C.CCOC(=O)/C=C1\CCCc2cc(S(=O)(=O)c3ccccc3)ccc21.CCOC(=O)CC1(O)CCCc2cc(S(=O)(=O)c3ccccc3)ccc21.CCOC(=O)CC1CCCc2cc(S(=O)(=O)c3ccccc3)ccc21.CS(=O)(=O)OCCC1CCCc2cc(S(=O)(=O)c3ccccc3)ccc21.NCCC1CCCc2cc(S(=O)(=O)c3ccccc3)ccc21.O=C1CCCc2cc(S(=O)(=O)c3ccccc3)ccc21. The molecule has 0 radical (unpaired) electrons. The Hall–Kier alpha value is -12.0. The number of aliphatic hydroxyl groups is 1. The number of carbonyl (C=O) groups excluding carboxylic acids is 4. The molecule has 0 heterocycles. The van der Waals surface area contributed by atoms with Crippen molar-refractivity contribution in [1.29, 1.82) is 0 Å². The summed E-state index contributed by atoms with van der Waals surface area (Å²) in [5, 5.41) is 11.0. The minimum atomic E-state index is -3.61. The van der Waals surface area contributed by atoms with Crippen molar-refractivity contribution in [1.82, 2.24) is 0 Å². The molecule has 0 saturated heterocycles. The number of ether oxygens (including phenoxy) is 3. The van der Waals surface area contributed by atoms with Crippen molar-refractivity contribution >= 4 is 98.4 Å². The third-order valence-electron chi connectivity index (χ3n) is 26.3. The van der Waals surface area contributed by atoms with Crippen molar-refractivity contribution in [2.75, 3.05) is 39.2 Å². The topological polar surface area (TPSA) is 390 Å². The zero-order chi connectivity index (χ0) is 103. The van der Waals surface area contributed by atoms with E-state index in [4.69, 9.17) is 24.1 Å². The molecule has 12 aromatic carbocycles. The molecule has 149 heavy (non-hydrogen) atoms. The van der Waals surface area contributed by atoms with E-state index in [9.17, 15) is 83.2 Å². The summed E-state index contributed by atoms with van der Waals surface area (Å²) < 4.78 is 195. The van der Waals surface area contributed by atoms with E-state index in [-0.39, 0.29) is 121 Å². The first-order valence-corrected chi connectivity index (χ1v) is 59.2. The lowest BCUT2D eigenvalue weighted by molar-refractivity contribution is -0.150. The number of ketones is 1. The lowest BCUT2D eigenvalue weighted by Gasteiger charge is -2.34. The van der Waals surface area contributed by atoms with Gasteiger partial charge in [0.1, 0.15) is 5.60 Å². The molecule has 24 nitrogen and oxygen atoms in total. The summed E-state index contributed by atoms with van der Waals surface area (Å²) >= 11 is 0. The molecule has 0 bridgehead atoms. The maximum absolute atomic E-state index is 12.8. The predicted octanol–water partition coefficient (Wildman–Crippen LogP) is 23.5. The highest BCUT2D eigenvalue weighted by Gasteiger charge is 2.39. The van der Waals surface area contributed by atoms with Gasteiger partial charge in [-0.25, -0.2) is 55.3 Å². The number of Topliss-reactive ketones (excluding diaryl/α,β-unsaturated/α-hetero) is 1. The first-order chi connectivity index (χ1) is 68.9. The Balaban J connectivity index is 0.000000217. The van der Waals surface area contributed by atoms with Crippen LogP contribution in [0.15, 0.2) is 356 Å². The van der Waals surface area contributed by atoms with Gasteiger partial charge < -0.3 is 25.1 Å². The van der Waals surface area contributed by atoms with Gasteiger partial charge in [-0.05, 0) is 385 Å². The molecule has 0 saturated carbocycles. The number of allylic oxidation sites excluding steroid dienone is 1. The summed E-state index contributed by atoms with van der Waals surface area (Å²) in [6.45, 7) is 7.09. The average Bonchev–Trinajstić information content (AvgIpc) is 0.736. The molecule has 31 heteroatoms. The predicted molar refractivity (Wildman–Crippen MR) is 584 cm³/mol. The van der Waals surface area contributed by atoms with Crippen LogP contribution < -0.4 is 5.73 Å². The number of benzene rings is 12. The Bertz CT molecular complexity index is 7470. The van der Waals surface area contributed by atoms with Crippen LogP contribution in [-0.2, 0) is 146 Å². The van der Waals surface area contributed by atoms with E-state index in [1.54, 1.807) is 269 Å². The zero-order valence-electron chi connectivity index (χ0n) is 81.0. The molecule has 0 fully saturated rings. The minimum absolute atomic E-state index is 0. The highest BCUT2D eigenvalue weighted by Crippen LogP contribution is 2.44. The van der Waals surface area contributed by atoms with Gasteiger partial charge in [0.15, 0.2) is 5.78 Å². The summed E-state index contributed by atoms with van der Waals surface area (Å²) in [5.74, 6) is -0.126. The largest absolute Gasteiger partial charge is 0.466 e. The summed E-state index contributed by atoms with van der Waals surface area (Å²) in [5.41, 5.74) is 16.8. The normalized spacial score (nSPS) is 16.6. The number of rotatable bonds is 26. The van der Waals surface area contributed by atoms with Gasteiger partial charge >= 0.3 is 17.9 Å². The number of nitrogens with two attached hydrogens (primary N) is 1. The summed E-state index contributed by atoms with van der Waals surface area (Å²) in [4.78, 5) is 50.7. The van der Waals surface area contributed by atoms with Crippen LogP contribution in [0.4, 0.5) is 0 Å². The van der Waals surface area contributed by atoms with Crippen molar-refractivity contribution < 1.29 is 102 Å². The molecule has 4 unspecified atom stereocenters. The van der Waals surface area contributed by atoms with E-state index < -0.39 is 80.7 Å². The Morgan fingerprint density at radius 1 is 0.342 bits per heavy atom. The van der Waals surface area contributed by atoms with Gasteiger partial charge in [-0.15, -0.1) is 0 Å². The molecular weight excluding hydrogens is 2020 g/mol. The number of esters is 3. The van der Waals surface area contributed by atoms with Gasteiger partial charge in [-0.2, -0.15) is 8.42 Å². The van der Waals surface area contributed by atoms with E-state index in [1.807, 2.05) is 30.3 Å². The van der Waals surface area contributed by atoms with Crippen LogP contribution >= 0.6 is 0 Å². The second-order valence-electron chi connectivity index (χ2n) is 36.0. The highest BCUT2D eigenvalue weighted by atomic mass is 32.2. The van der Waals surface area contributed by atoms with E-state index in [1.165, 1.54) is 29.3 Å². The van der Waals surface area contributed by atoms with Gasteiger partial charge in [-0.1, -0.05) is 177 Å². The quantitative estimate of drug-likeness (QED) is 0.0220. The Kier molecular flexibility index (Phi) is 45.2. The Morgan fingerprint density at radius 2 is 0.651 bits per heavy atom. The van der Waals surface area contributed by atoms with E-state index in [0.717, 1.165) is 153 Å². The van der Waals surface area contributed by atoms with Gasteiger partial charge in [0.2, 0.25) is 59.0 Å². The fraction of sp³-hybridized carbons (Fsp3) is 0.339. The van der Waals surface area contributed by atoms with Crippen molar-refractivity contribution in [3.8, 4) is 0 Å². The first kappa shape index (κ1) is 122. The maximum Gasteiger partial charge on any atom is 0.331 e. The molecule has 6 aliphatic carbocycles. The molecule has 0 amide bonds. The van der Waals surface area contributed by atoms with Crippen LogP contribution in [0.3, 0.4) is 0 Å². The second-order valence-corrected chi connectivity index (χ2v) is 49.4. The van der Waals surface area contributed by atoms with Crippen LogP contribution in [-0.4, -0.2) is 127 Å². The number of sulfone groups is 6. The lowest BCUT2D eigenvalue weighted by atomic mass is 9.77. The fourth-order valence-corrected chi connectivity index (χ4v) is 27.6. The van der Waals surface area contributed by atoms with Gasteiger partial charge in [0.25, 0.3) is 10.1 Å².